The maximum absolute atomic E-state index is 5.06. The summed E-state index contributed by atoms with van der Waals surface area (Å²) in [4.78, 5) is 5.06. The van der Waals surface area contributed by atoms with Crippen molar-refractivity contribution in [2.45, 2.75) is 45.2 Å². The normalized spacial score (nSPS) is 16.5. The van der Waals surface area contributed by atoms with Crippen molar-refractivity contribution < 1.29 is 0 Å². The summed E-state index contributed by atoms with van der Waals surface area (Å²) in [7, 11) is 2.01. The van der Waals surface area contributed by atoms with Crippen LogP contribution in [0.25, 0.3) is 22.2 Å². The van der Waals surface area contributed by atoms with Gasteiger partial charge in [0.05, 0.1) is 11.2 Å². The Balaban J connectivity index is 1.66. The van der Waals surface area contributed by atoms with E-state index in [1.165, 1.54) is 27.6 Å². The second kappa shape index (κ2) is 10.6. The number of nitrogens with one attached hydrogen (secondary N) is 2. The third-order valence-corrected chi connectivity index (χ3v) is 6.77. The summed E-state index contributed by atoms with van der Waals surface area (Å²) in [5.74, 6) is 0. The summed E-state index contributed by atoms with van der Waals surface area (Å²) in [5.41, 5.74) is 7.30. The molecule has 5 heteroatoms. The molecular formula is C26H34N4S. The molecule has 1 aromatic heterocycles. The molecule has 1 atom stereocenters. The Morgan fingerprint density at radius 1 is 1.13 bits per heavy atom. The van der Waals surface area contributed by atoms with Gasteiger partial charge in [-0.25, -0.2) is 9.29 Å². The van der Waals surface area contributed by atoms with Crippen molar-refractivity contribution in [1.82, 2.24) is 19.9 Å². The number of benzene rings is 2. The zero-order chi connectivity index (χ0) is 21.6. The number of aryl methyl sites for hydroxylation is 2. The molecule has 31 heavy (non-hydrogen) atoms. The van der Waals surface area contributed by atoms with Gasteiger partial charge in [0.2, 0.25) is 0 Å². The minimum absolute atomic E-state index is 0.474. The van der Waals surface area contributed by atoms with E-state index in [0.29, 0.717) is 6.04 Å². The quantitative estimate of drug-likeness (QED) is 0.339. The van der Waals surface area contributed by atoms with Crippen LogP contribution < -0.4 is 10.6 Å². The third kappa shape index (κ3) is 5.47. The lowest BCUT2D eigenvalue weighted by molar-refractivity contribution is 0.372. The van der Waals surface area contributed by atoms with Crippen molar-refractivity contribution >= 4 is 23.7 Å². The fraction of sp³-hybridized carbons (Fsp3) is 0.423. The van der Waals surface area contributed by atoms with Gasteiger partial charge in [-0.15, -0.1) is 0 Å². The second-order valence-electron chi connectivity index (χ2n) is 8.52. The van der Waals surface area contributed by atoms with E-state index in [0.717, 1.165) is 63.1 Å². The van der Waals surface area contributed by atoms with Crippen LogP contribution in [0.15, 0.2) is 48.5 Å². The van der Waals surface area contributed by atoms with Crippen LogP contribution in [0, 0.1) is 0 Å². The SMILES string of the molecule is CCc1ccc2c(CN(S)C3CCNC3)cc(-c3ccc(CCCNC)cc3)nc2c1. The monoisotopic (exact) mass is 434 g/mol. The third-order valence-electron chi connectivity index (χ3n) is 6.30. The molecule has 1 aliphatic rings. The lowest BCUT2D eigenvalue weighted by Gasteiger charge is -2.23. The van der Waals surface area contributed by atoms with Gasteiger partial charge in [0.15, 0.2) is 0 Å². The standard InChI is InChI=1S/C26H34N4S/c1-3-19-8-11-24-22(18-30(31)23-12-14-28-17-23)16-25(29-26(24)15-19)21-9-6-20(7-10-21)5-4-13-27-2/h6-11,15-16,23,27-28,31H,3-5,12-14,17-18H2,1-2H3. The van der Waals surface area contributed by atoms with Gasteiger partial charge in [-0.05, 0) is 74.6 Å². The van der Waals surface area contributed by atoms with Crippen LogP contribution in [0.4, 0.5) is 0 Å². The number of pyridine rings is 1. The average Bonchev–Trinajstić information content (AvgIpc) is 3.34. The van der Waals surface area contributed by atoms with Gasteiger partial charge in [0.1, 0.15) is 0 Å². The van der Waals surface area contributed by atoms with Gasteiger partial charge in [-0.3, -0.25) is 0 Å². The van der Waals surface area contributed by atoms with Crippen LogP contribution >= 0.6 is 12.8 Å². The molecule has 1 aliphatic heterocycles. The molecule has 164 valence electrons. The maximum atomic E-state index is 5.06. The van der Waals surface area contributed by atoms with Crippen molar-refractivity contribution in [3.05, 3.63) is 65.2 Å². The smallest absolute Gasteiger partial charge is 0.0715 e. The topological polar surface area (TPSA) is 40.2 Å². The molecule has 0 bridgehead atoms. The van der Waals surface area contributed by atoms with E-state index in [1.54, 1.807) is 0 Å². The van der Waals surface area contributed by atoms with Crippen molar-refractivity contribution in [3.8, 4) is 11.3 Å². The number of fused-ring (bicyclic) bond motifs is 1. The molecule has 0 aliphatic carbocycles. The van der Waals surface area contributed by atoms with Crippen LogP contribution in [0.3, 0.4) is 0 Å². The number of aromatic nitrogens is 1. The van der Waals surface area contributed by atoms with Crippen LogP contribution in [0.5, 0.6) is 0 Å². The van der Waals surface area contributed by atoms with E-state index >= 15 is 0 Å². The molecule has 0 amide bonds. The van der Waals surface area contributed by atoms with Crippen molar-refractivity contribution in [2.24, 2.45) is 0 Å². The maximum Gasteiger partial charge on any atom is 0.0715 e. The molecule has 3 aromatic rings. The van der Waals surface area contributed by atoms with Gasteiger partial charge in [-0.1, -0.05) is 56.1 Å². The Labute approximate surface area is 192 Å². The van der Waals surface area contributed by atoms with Crippen molar-refractivity contribution in [3.63, 3.8) is 0 Å². The Bertz CT molecular complexity index is 996. The average molecular weight is 435 g/mol. The number of nitrogens with zero attached hydrogens (tertiary/aromatic N) is 2. The van der Waals surface area contributed by atoms with Gasteiger partial charge >= 0.3 is 0 Å². The highest BCUT2D eigenvalue weighted by Gasteiger charge is 2.21. The predicted molar refractivity (Wildman–Crippen MR) is 135 cm³/mol. The minimum atomic E-state index is 0.474. The van der Waals surface area contributed by atoms with Crippen LogP contribution in [-0.4, -0.2) is 42.0 Å². The first-order chi connectivity index (χ1) is 15.2. The van der Waals surface area contributed by atoms with Gasteiger partial charge < -0.3 is 10.6 Å². The summed E-state index contributed by atoms with van der Waals surface area (Å²) in [6, 6.07) is 18.4. The zero-order valence-corrected chi connectivity index (χ0v) is 19.6. The lowest BCUT2D eigenvalue weighted by Crippen LogP contribution is -2.29. The second-order valence-corrected chi connectivity index (χ2v) is 9.03. The number of hydrogen-bond donors (Lipinski definition) is 3. The molecule has 2 N–H and O–H groups in total. The first-order valence-corrected chi connectivity index (χ1v) is 11.9. The highest BCUT2D eigenvalue weighted by Crippen LogP contribution is 2.28. The summed E-state index contributed by atoms with van der Waals surface area (Å²) in [6.45, 7) is 6.14. The van der Waals surface area contributed by atoms with E-state index in [-0.39, 0.29) is 0 Å². The Hall–Kier alpha value is -1.92. The van der Waals surface area contributed by atoms with E-state index < -0.39 is 0 Å². The Morgan fingerprint density at radius 2 is 1.94 bits per heavy atom. The molecule has 4 nitrogen and oxygen atoms in total. The molecule has 4 rings (SSSR count). The molecule has 0 radical (unpaired) electrons. The van der Waals surface area contributed by atoms with E-state index in [4.69, 9.17) is 17.8 Å². The molecule has 1 fully saturated rings. The van der Waals surface area contributed by atoms with E-state index in [1.807, 2.05) is 7.05 Å². The highest BCUT2D eigenvalue weighted by molar-refractivity contribution is 7.77. The molecule has 0 spiro atoms. The first kappa shape index (κ1) is 22.3. The molecule has 1 unspecified atom stereocenters. The summed E-state index contributed by atoms with van der Waals surface area (Å²) < 4.78 is 2.19. The summed E-state index contributed by atoms with van der Waals surface area (Å²) in [5, 5.41) is 7.90. The molecule has 1 saturated heterocycles. The molecule has 2 aromatic carbocycles. The lowest BCUT2D eigenvalue weighted by atomic mass is 10.0. The predicted octanol–water partition coefficient (Wildman–Crippen LogP) is 4.62. The van der Waals surface area contributed by atoms with Crippen molar-refractivity contribution in [2.75, 3.05) is 26.7 Å². The Kier molecular flexibility index (Phi) is 7.62. The summed E-state index contributed by atoms with van der Waals surface area (Å²) >= 11 is 4.84. The first-order valence-electron chi connectivity index (χ1n) is 11.5. The van der Waals surface area contributed by atoms with Gasteiger partial charge in [0, 0.05) is 30.1 Å². The number of hydrogen-bond acceptors (Lipinski definition) is 5. The number of thiol groups is 1. The van der Waals surface area contributed by atoms with Gasteiger partial charge in [0.25, 0.3) is 0 Å². The highest BCUT2D eigenvalue weighted by atomic mass is 32.1. The van der Waals surface area contributed by atoms with E-state index in [9.17, 15) is 0 Å². The van der Waals surface area contributed by atoms with Crippen molar-refractivity contribution in [1.29, 1.82) is 0 Å². The molecule has 0 saturated carbocycles. The number of rotatable bonds is 9. The molecular weight excluding hydrogens is 400 g/mol. The largest absolute Gasteiger partial charge is 0.320 e. The Morgan fingerprint density at radius 3 is 2.65 bits per heavy atom. The summed E-state index contributed by atoms with van der Waals surface area (Å²) in [6.07, 6.45) is 4.42. The van der Waals surface area contributed by atoms with Gasteiger partial charge in [-0.2, -0.15) is 0 Å². The minimum Gasteiger partial charge on any atom is -0.320 e. The van der Waals surface area contributed by atoms with Crippen LogP contribution in [0.1, 0.15) is 36.5 Å². The molecule has 2 heterocycles. The van der Waals surface area contributed by atoms with E-state index in [2.05, 4.69) is 70.4 Å². The fourth-order valence-corrected chi connectivity index (χ4v) is 4.70. The fourth-order valence-electron chi connectivity index (χ4n) is 4.35. The van der Waals surface area contributed by atoms with Crippen LogP contribution in [-0.2, 0) is 19.4 Å². The zero-order valence-electron chi connectivity index (χ0n) is 18.7. The van der Waals surface area contributed by atoms with Crippen LogP contribution in [0.2, 0.25) is 0 Å².